The first kappa shape index (κ1) is 16.1. The van der Waals surface area contributed by atoms with Crippen molar-refractivity contribution in [2.45, 2.75) is 19.8 Å². The number of esters is 1. The topological polar surface area (TPSA) is 51.3 Å². The molecule has 0 aliphatic heterocycles. The molecule has 24 heavy (non-hydrogen) atoms. The number of ether oxygens (including phenoxy) is 2. The Morgan fingerprint density at radius 1 is 1.08 bits per heavy atom. The number of benzene rings is 2. The molecule has 3 rings (SSSR count). The van der Waals surface area contributed by atoms with Gasteiger partial charge in [-0.15, -0.1) is 0 Å². The molecule has 0 bridgehead atoms. The van der Waals surface area contributed by atoms with Crippen LogP contribution in [0, 0.1) is 0 Å². The van der Waals surface area contributed by atoms with Gasteiger partial charge in [-0.25, -0.2) is 4.79 Å². The first-order valence-corrected chi connectivity index (χ1v) is 8.09. The van der Waals surface area contributed by atoms with Crippen LogP contribution in [0.4, 0.5) is 0 Å². The van der Waals surface area contributed by atoms with E-state index in [1.54, 1.807) is 0 Å². The molecular formula is C20H21NO3. The fraction of sp³-hybridized carbons (Fsp3) is 0.250. The minimum atomic E-state index is -0.386. The quantitative estimate of drug-likeness (QED) is 0.701. The number of aryl methyl sites for hydroxylation is 1. The maximum atomic E-state index is 11.4. The van der Waals surface area contributed by atoms with E-state index in [2.05, 4.69) is 28.8 Å². The summed E-state index contributed by atoms with van der Waals surface area (Å²) in [5.41, 5.74) is 4.69. The molecule has 0 radical (unpaired) electrons. The molecule has 4 heteroatoms. The van der Waals surface area contributed by atoms with Gasteiger partial charge in [0.05, 0.1) is 7.11 Å². The van der Waals surface area contributed by atoms with Crippen molar-refractivity contribution in [1.82, 2.24) is 4.98 Å². The van der Waals surface area contributed by atoms with Gasteiger partial charge in [-0.3, -0.25) is 0 Å². The van der Waals surface area contributed by atoms with Gasteiger partial charge in [-0.2, -0.15) is 0 Å². The molecule has 0 amide bonds. The lowest BCUT2D eigenvalue weighted by Gasteiger charge is -2.09. The molecule has 0 spiro atoms. The van der Waals surface area contributed by atoms with Gasteiger partial charge in [0.1, 0.15) is 5.75 Å². The number of aromatic nitrogens is 1. The zero-order valence-electron chi connectivity index (χ0n) is 14.0. The molecule has 1 aromatic heterocycles. The number of H-pyrrole nitrogens is 1. The van der Waals surface area contributed by atoms with Crippen LogP contribution in [0.3, 0.4) is 0 Å². The van der Waals surface area contributed by atoms with E-state index < -0.39 is 0 Å². The third-order valence-corrected chi connectivity index (χ3v) is 4.13. The van der Waals surface area contributed by atoms with E-state index in [1.807, 2.05) is 36.4 Å². The summed E-state index contributed by atoms with van der Waals surface area (Å²) in [7, 11) is 1.36. The Morgan fingerprint density at radius 3 is 2.58 bits per heavy atom. The molecule has 0 fully saturated rings. The molecule has 0 atom stereocenters. The second kappa shape index (κ2) is 7.21. The van der Waals surface area contributed by atoms with Gasteiger partial charge in [0.2, 0.25) is 0 Å². The fourth-order valence-corrected chi connectivity index (χ4v) is 2.95. The van der Waals surface area contributed by atoms with Crippen LogP contribution in [0.15, 0.2) is 48.5 Å². The molecule has 0 saturated heterocycles. The lowest BCUT2D eigenvalue weighted by atomic mass is 10.0. The van der Waals surface area contributed by atoms with Crippen LogP contribution in [-0.4, -0.2) is 24.7 Å². The van der Waals surface area contributed by atoms with Gasteiger partial charge >= 0.3 is 5.97 Å². The molecule has 0 aliphatic carbocycles. The minimum absolute atomic E-state index is 0.0902. The van der Waals surface area contributed by atoms with Crippen molar-refractivity contribution in [3.63, 3.8) is 0 Å². The summed E-state index contributed by atoms with van der Waals surface area (Å²) in [6.07, 6.45) is 1.73. The van der Waals surface area contributed by atoms with Gasteiger partial charge < -0.3 is 14.5 Å². The van der Waals surface area contributed by atoms with Gasteiger partial charge in [0, 0.05) is 16.6 Å². The van der Waals surface area contributed by atoms with Gasteiger partial charge in [-0.05, 0) is 36.1 Å². The summed E-state index contributed by atoms with van der Waals surface area (Å²) in [5.74, 6) is 0.322. The molecule has 0 unspecified atom stereocenters. The monoisotopic (exact) mass is 323 g/mol. The molecule has 124 valence electrons. The summed E-state index contributed by atoms with van der Waals surface area (Å²) < 4.78 is 10.4. The first-order chi connectivity index (χ1) is 11.7. The van der Waals surface area contributed by atoms with Crippen LogP contribution in [-0.2, 0) is 22.4 Å². The van der Waals surface area contributed by atoms with Crippen LogP contribution in [0.1, 0.15) is 23.7 Å². The molecular weight excluding hydrogens is 302 g/mol. The number of hydrogen-bond donors (Lipinski definition) is 1. The average molecular weight is 323 g/mol. The van der Waals surface area contributed by atoms with Crippen molar-refractivity contribution in [1.29, 1.82) is 0 Å². The number of carbonyl (C=O) groups excluding carboxylic acids is 1. The highest BCUT2D eigenvalue weighted by Crippen LogP contribution is 2.33. The van der Waals surface area contributed by atoms with E-state index in [0.717, 1.165) is 23.7 Å². The maximum absolute atomic E-state index is 11.4. The maximum Gasteiger partial charge on any atom is 0.343 e. The van der Waals surface area contributed by atoms with Crippen molar-refractivity contribution in [3.05, 3.63) is 65.4 Å². The highest BCUT2D eigenvalue weighted by Gasteiger charge is 2.16. The molecule has 2 aromatic carbocycles. The summed E-state index contributed by atoms with van der Waals surface area (Å²) in [5, 5.41) is 1.04. The Balaban J connectivity index is 2.03. The largest absolute Gasteiger partial charge is 0.481 e. The highest BCUT2D eigenvalue weighted by atomic mass is 16.6. The number of hydrogen-bond acceptors (Lipinski definition) is 3. The lowest BCUT2D eigenvalue weighted by Crippen LogP contribution is -2.12. The van der Waals surface area contributed by atoms with Crippen LogP contribution in [0.5, 0.6) is 5.75 Å². The van der Waals surface area contributed by atoms with Crippen molar-refractivity contribution < 1.29 is 14.3 Å². The lowest BCUT2D eigenvalue weighted by molar-refractivity contribution is -0.142. The summed E-state index contributed by atoms with van der Waals surface area (Å²) in [4.78, 5) is 14.9. The van der Waals surface area contributed by atoms with Crippen molar-refractivity contribution in [3.8, 4) is 5.75 Å². The second-order valence-corrected chi connectivity index (χ2v) is 5.64. The SMILES string of the molecule is CCc1[nH]c2cccc(OCC(=O)OC)c2c1Cc1ccccc1. The van der Waals surface area contributed by atoms with E-state index in [9.17, 15) is 4.79 Å². The van der Waals surface area contributed by atoms with E-state index in [0.29, 0.717) is 5.75 Å². The smallest absolute Gasteiger partial charge is 0.343 e. The number of fused-ring (bicyclic) bond motifs is 1. The van der Waals surface area contributed by atoms with Crippen LogP contribution in [0.2, 0.25) is 0 Å². The number of rotatable bonds is 6. The Bertz CT molecular complexity index is 837. The van der Waals surface area contributed by atoms with Crippen molar-refractivity contribution in [2.24, 2.45) is 0 Å². The van der Waals surface area contributed by atoms with Crippen LogP contribution < -0.4 is 4.74 Å². The second-order valence-electron chi connectivity index (χ2n) is 5.64. The Kier molecular flexibility index (Phi) is 4.85. The van der Waals surface area contributed by atoms with E-state index >= 15 is 0 Å². The van der Waals surface area contributed by atoms with Crippen LogP contribution >= 0.6 is 0 Å². The zero-order valence-corrected chi connectivity index (χ0v) is 14.0. The summed E-state index contributed by atoms with van der Waals surface area (Å²) in [6.45, 7) is 2.04. The predicted molar refractivity (Wildman–Crippen MR) is 94.4 cm³/mol. The summed E-state index contributed by atoms with van der Waals surface area (Å²) in [6, 6.07) is 16.2. The first-order valence-electron chi connectivity index (χ1n) is 8.09. The third-order valence-electron chi connectivity index (χ3n) is 4.13. The standard InChI is InChI=1S/C20H21NO3/c1-3-16-15(12-14-8-5-4-6-9-14)20-17(21-16)10-7-11-18(20)24-13-19(22)23-2/h4-11,21H,3,12-13H2,1-2H3. The molecule has 3 aromatic rings. The number of nitrogens with one attached hydrogen (secondary N) is 1. The normalized spacial score (nSPS) is 10.8. The molecule has 0 saturated carbocycles. The Labute approximate surface area is 141 Å². The average Bonchev–Trinajstić information content (AvgIpc) is 2.98. The number of aromatic amines is 1. The number of carbonyl (C=O) groups is 1. The van der Waals surface area contributed by atoms with Crippen molar-refractivity contribution >= 4 is 16.9 Å². The third kappa shape index (κ3) is 3.27. The minimum Gasteiger partial charge on any atom is -0.481 e. The zero-order chi connectivity index (χ0) is 16.9. The summed E-state index contributed by atoms with van der Waals surface area (Å²) >= 11 is 0. The van der Waals surface area contributed by atoms with Gasteiger partial charge in [0.15, 0.2) is 6.61 Å². The van der Waals surface area contributed by atoms with E-state index in [1.165, 1.54) is 23.9 Å². The highest BCUT2D eigenvalue weighted by molar-refractivity contribution is 5.91. The number of methoxy groups -OCH3 is 1. The van der Waals surface area contributed by atoms with E-state index in [-0.39, 0.29) is 12.6 Å². The molecule has 0 aliphatic rings. The fourth-order valence-electron chi connectivity index (χ4n) is 2.95. The molecule has 4 nitrogen and oxygen atoms in total. The van der Waals surface area contributed by atoms with Crippen molar-refractivity contribution in [2.75, 3.05) is 13.7 Å². The van der Waals surface area contributed by atoms with E-state index in [4.69, 9.17) is 4.74 Å². The van der Waals surface area contributed by atoms with Crippen LogP contribution in [0.25, 0.3) is 10.9 Å². The van der Waals surface area contributed by atoms with Gasteiger partial charge in [-0.1, -0.05) is 43.3 Å². The molecule has 1 N–H and O–H groups in total. The Morgan fingerprint density at radius 2 is 1.88 bits per heavy atom. The molecule has 1 heterocycles. The van der Waals surface area contributed by atoms with Gasteiger partial charge in [0.25, 0.3) is 0 Å². The predicted octanol–water partition coefficient (Wildman–Crippen LogP) is 3.87. The Hall–Kier alpha value is -2.75.